The zero-order valence-electron chi connectivity index (χ0n) is 18.3. The maximum absolute atomic E-state index is 12.4. The molecule has 3 aromatic heterocycles. The molecule has 0 fully saturated rings. The van der Waals surface area contributed by atoms with Gasteiger partial charge in [0, 0.05) is 12.5 Å². The third kappa shape index (κ3) is 5.51. The van der Waals surface area contributed by atoms with Crippen LogP contribution in [0.5, 0.6) is 5.75 Å². The first-order chi connectivity index (χ1) is 16.4. The van der Waals surface area contributed by atoms with Gasteiger partial charge in [-0.1, -0.05) is 41.7 Å². The van der Waals surface area contributed by atoms with Crippen molar-refractivity contribution in [1.29, 1.82) is 5.26 Å². The second-order valence-corrected chi connectivity index (χ2v) is 9.36. The quantitative estimate of drug-likeness (QED) is 0.291. The topological polar surface area (TPSA) is 135 Å². The van der Waals surface area contributed by atoms with Crippen LogP contribution < -0.4 is 15.6 Å². The highest BCUT2D eigenvalue weighted by molar-refractivity contribution is 7.16. The summed E-state index contributed by atoms with van der Waals surface area (Å²) in [5.74, 6) is 0.00740. The average Bonchev–Trinajstić information content (AvgIpc) is 3.42. The van der Waals surface area contributed by atoms with Gasteiger partial charge in [-0.05, 0) is 37.1 Å². The number of aromatic nitrogens is 5. The molecule has 0 aliphatic carbocycles. The molecule has 0 aliphatic rings. The molecule has 0 aliphatic heterocycles. The van der Waals surface area contributed by atoms with E-state index in [9.17, 15) is 14.9 Å². The van der Waals surface area contributed by atoms with E-state index in [-0.39, 0.29) is 17.7 Å². The Morgan fingerprint density at radius 1 is 1.26 bits per heavy atom. The van der Waals surface area contributed by atoms with Gasteiger partial charge < -0.3 is 4.74 Å². The zero-order chi connectivity index (χ0) is 24.1. The Morgan fingerprint density at radius 2 is 2.06 bits per heavy atom. The molecular formula is C22H19N7O3S2. The highest BCUT2D eigenvalue weighted by atomic mass is 32.1. The summed E-state index contributed by atoms with van der Waals surface area (Å²) < 4.78 is 7.00. The molecule has 12 heteroatoms. The second kappa shape index (κ2) is 10.3. The minimum Gasteiger partial charge on any atom is -0.487 e. The number of aryl methyl sites for hydroxylation is 2. The van der Waals surface area contributed by atoms with Crippen molar-refractivity contribution in [3.05, 3.63) is 67.5 Å². The summed E-state index contributed by atoms with van der Waals surface area (Å²) in [5, 5.41) is 26.0. The van der Waals surface area contributed by atoms with Crippen molar-refractivity contribution >= 4 is 44.7 Å². The van der Waals surface area contributed by atoms with E-state index >= 15 is 0 Å². The SMILES string of the molecule is CCCc1nnc(NC(=O)C(C#N)=Cc2ccc(OCc3cc(=O)n4nc(C)sc4n3)cc2)s1. The first-order valence-corrected chi connectivity index (χ1v) is 11.9. The molecule has 34 heavy (non-hydrogen) atoms. The van der Waals surface area contributed by atoms with E-state index in [1.807, 2.05) is 19.9 Å². The van der Waals surface area contributed by atoms with Crippen LogP contribution in [0.3, 0.4) is 0 Å². The van der Waals surface area contributed by atoms with Gasteiger partial charge in [0.1, 0.15) is 34.0 Å². The van der Waals surface area contributed by atoms with E-state index in [2.05, 4.69) is 25.6 Å². The molecule has 0 spiro atoms. The number of ether oxygens (including phenoxy) is 1. The molecular weight excluding hydrogens is 474 g/mol. The molecule has 1 N–H and O–H groups in total. The first kappa shape index (κ1) is 23.2. The van der Waals surface area contributed by atoms with Gasteiger partial charge in [0.15, 0.2) is 0 Å². The van der Waals surface area contributed by atoms with Crippen LogP contribution in [0, 0.1) is 18.3 Å². The number of anilines is 1. The van der Waals surface area contributed by atoms with E-state index < -0.39 is 5.91 Å². The van der Waals surface area contributed by atoms with Gasteiger partial charge in [-0.15, -0.1) is 10.2 Å². The van der Waals surface area contributed by atoms with Gasteiger partial charge in [0.05, 0.1) is 5.69 Å². The fraction of sp³-hybridized carbons (Fsp3) is 0.227. The van der Waals surface area contributed by atoms with Crippen molar-refractivity contribution in [2.24, 2.45) is 0 Å². The normalized spacial score (nSPS) is 11.4. The Labute approximate surface area is 202 Å². The van der Waals surface area contributed by atoms with Crippen LogP contribution in [0.2, 0.25) is 0 Å². The summed E-state index contributed by atoms with van der Waals surface area (Å²) in [5.41, 5.74) is 0.838. The van der Waals surface area contributed by atoms with E-state index in [1.165, 1.54) is 39.3 Å². The standard InChI is InChI=1S/C22H19N7O3S2/c1-3-4-18-26-27-21(34-18)25-20(31)15(11-23)9-14-5-7-17(8-6-14)32-12-16-10-19(30)29-22(24-16)33-13(2)28-29/h5-10H,3-4,12H2,1-2H3,(H,25,27,31). The molecule has 0 unspecified atom stereocenters. The Kier molecular flexibility index (Phi) is 7.05. The predicted octanol–water partition coefficient (Wildman–Crippen LogP) is 3.39. The number of fused-ring (bicyclic) bond motifs is 1. The molecule has 4 rings (SSSR count). The van der Waals surface area contributed by atoms with E-state index in [0.29, 0.717) is 27.1 Å². The maximum Gasteiger partial charge on any atom is 0.275 e. The van der Waals surface area contributed by atoms with Gasteiger partial charge in [-0.3, -0.25) is 14.9 Å². The minimum atomic E-state index is -0.548. The van der Waals surface area contributed by atoms with Gasteiger partial charge in [-0.25, -0.2) is 4.98 Å². The average molecular weight is 494 g/mol. The van der Waals surface area contributed by atoms with Crippen LogP contribution >= 0.6 is 22.7 Å². The van der Waals surface area contributed by atoms with Crippen molar-refractivity contribution in [3.63, 3.8) is 0 Å². The highest BCUT2D eigenvalue weighted by Crippen LogP contribution is 2.19. The molecule has 172 valence electrons. The third-order valence-corrected chi connectivity index (χ3v) is 6.22. The van der Waals surface area contributed by atoms with Crippen molar-refractivity contribution in [2.45, 2.75) is 33.3 Å². The molecule has 0 bridgehead atoms. The van der Waals surface area contributed by atoms with Crippen LogP contribution in [0.4, 0.5) is 5.13 Å². The van der Waals surface area contributed by atoms with Gasteiger partial charge in [0.25, 0.3) is 11.5 Å². The van der Waals surface area contributed by atoms with Gasteiger partial charge in [-0.2, -0.15) is 14.9 Å². The lowest BCUT2D eigenvalue weighted by atomic mass is 10.1. The van der Waals surface area contributed by atoms with Crippen LogP contribution in [-0.4, -0.2) is 30.7 Å². The summed E-state index contributed by atoms with van der Waals surface area (Å²) in [6.07, 6.45) is 3.20. The summed E-state index contributed by atoms with van der Waals surface area (Å²) in [4.78, 5) is 29.5. The number of nitrogens with zero attached hydrogens (tertiary/aromatic N) is 6. The van der Waals surface area contributed by atoms with Gasteiger partial charge in [0.2, 0.25) is 10.1 Å². The van der Waals surface area contributed by atoms with E-state index in [0.717, 1.165) is 22.9 Å². The molecule has 3 heterocycles. The minimum absolute atomic E-state index is 0.0567. The van der Waals surface area contributed by atoms with Crippen molar-refractivity contribution in [2.75, 3.05) is 5.32 Å². The second-order valence-electron chi connectivity index (χ2n) is 7.13. The van der Waals surface area contributed by atoms with Crippen LogP contribution in [0.15, 0.2) is 40.7 Å². The molecule has 1 amide bonds. The smallest absolute Gasteiger partial charge is 0.275 e. The number of nitrogens with one attached hydrogen (secondary N) is 1. The summed E-state index contributed by atoms with van der Waals surface area (Å²) >= 11 is 2.62. The lowest BCUT2D eigenvalue weighted by Crippen LogP contribution is -2.16. The largest absolute Gasteiger partial charge is 0.487 e. The highest BCUT2D eigenvalue weighted by Gasteiger charge is 2.13. The molecule has 10 nitrogen and oxygen atoms in total. The molecule has 1 aromatic carbocycles. The number of carbonyl (C=O) groups is 1. The number of hydrogen-bond acceptors (Lipinski definition) is 10. The lowest BCUT2D eigenvalue weighted by molar-refractivity contribution is -0.112. The Balaban J connectivity index is 1.40. The number of carbonyl (C=O) groups excluding carboxylic acids is 1. The zero-order valence-corrected chi connectivity index (χ0v) is 19.9. The molecule has 4 aromatic rings. The molecule has 0 atom stereocenters. The third-order valence-electron chi connectivity index (χ3n) is 4.49. The molecule has 0 saturated heterocycles. The fourth-order valence-corrected chi connectivity index (χ4v) is 4.55. The summed E-state index contributed by atoms with van der Waals surface area (Å²) in [7, 11) is 0. The summed E-state index contributed by atoms with van der Waals surface area (Å²) in [6.45, 7) is 3.96. The summed E-state index contributed by atoms with van der Waals surface area (Å²) in [6, 6.07) is 10.2. The molecule has 0 saturated carbocycles. The van der Waals surface area contributed by atoms with Crippen molar-refractivity contribution < 1.29 is 9.53 Å². The van der Waals surface area contributed by atoms with Crippen LogP contribution in [-0.2, 0) is 17.8 Å². The van der Waals surface area contributed by atoms with E-state index in [4.69, 9.17) is 4.74 Å². The number of amides is 1. The van der Waals surface area contributed by atoms with Crippen LogP contribution in [0.1, 0.15) is 34.6 Å². The predicted molar refractivity (Wildman–Crippen MR) is 129 cm³/mol. The number of hydrogen-bond donors (Lipinski definition) is 1. The Bertz CT molecular complexity index is 1460. The first-order valence-electron chi connectivity index (χ1n) is 10.3. The number of benzene rings is 1. The van der Waals surface area contributed by atoms with E-state index in [1.54, 1.807) is 24.3 Å². The number of nitriles is 1. The Morgan fingerprint density at radius 3 is 2.79 bits per heavy atom. The lowest BCUT2D eigenvalue weighted by Gasteiger charge is -2.06. The maximum atomic E-state index is 12.4. The number of rotatable bonds is 8. The Hall–Kier alpha value is -3.95. The monoisotopic (exact) mass is 493 g/mol. The van der Waals surface area contributed by atoms with Gasteiger partial charge >= 0.3 is 0 Å². The van der Waals surface area contributed by atoms with Crippen molar-refractivity contribution in [3.8, 4) is 11.8 Å². The molecule has 0 radical (unpaired) electrons. The fourth-order valence-electron chi connectivity index (χ4n) is 2.94. The van der Waals surface area contributed by atoms with Crippen molar-refractivity contribution in [1.82, 2.24) is 24.8 Å². The van der Waals surface area contributed by atoms with Crippen LogP contribution in [0.25, 0.3) is 11.0 Å².